The number of aromatic nitrogens is 3. The fourth-order valence-corrected chi connectivity index (χ4v) is 4.76. The number of likely N-dealkylation sites (N-methyl/N-ethyl adjacent to an activating group) is 1. The highest BCUT2D eigenvalue weighted by Crippen LogP contribution is 2.35. The summed E-state index contributed by atoms with van der Waals surface area (Å²) in [5.41, 5.74) is 7.18. The van der Waals surface area contributed by atoms with E-state index in [0.717, 1.165) is 35.0 Å². The number of benzene rings is 1. The topological polar surface area (TPSA) is 77.2 Å². The van der Waals surface area contributed by atoms with E-state index in [1.165, 1.54) is 6.20 Å². The maximum absolute atomic E-state index is 15.5. The summed E-state index contributed by atoms with van der Waals surface area (Å²) in [7, 11) is 2.07. The van der Waals surface area contributed by atoms with Crippen LogP contribution in [0.2, 0.25) is 0 Å². The van der Waals surface area contributed by atoms with Gasteiger partial charge in [-0.2, -0.15) is 9.97 Å². The molecule has 29 heavy (non-hydrogen) atoms. The van der Waals surface area contributed by atoms with Gasteiger partial charge in [0.05, 0.1) is 5.39 Å². The number of thiophene rings is 1. The largest absolute Gasteiger partial charge is 0.462 e. The van der Waals surface area contributed by atoms with Crippen molar-refractivity contribution in [2.45, 2.75) is 18.9 Å². The maximum atomic E-state index is 15.5. The number of fused-ring (bicyclic) bond motifs is 2. The first-order valence-corrected chi connectivity index (χ1v) is 10.4. The van der Waals surface area contributed by atoms with Crippen molar-refractivity contribution in [2.75, 3.05) is 25.9 Å². The number of anilines is 1. The van der Waals surface area contributed by atoms with Crippen LogP contribution in [0.4, 0.5) is 10.2 Å². The minimum atomic E-state index is -0.514. The van der Waals surface area contributed by atoms with Crippen LogP contribution in [0.5, 0.6) is 6.01 Å². The van der Waals surface area contributed by atoms with Gasteiger partial charge in [-0.3, -0.25) is 4.98 Å². The van der Waals surface area contributed by atoms with E-state index in [0.29, 0.717) is 18.0 Å². The van der Waals surface area contributed by atoms with Crippen LogP contribution >= 0.6 is 11.3 Å². The highest BCUT2D eigenvalue weighted by Gasteiger charge is 2.23. The van der Waals surface area contributed by atoms with Gasteiger partial charge in [0.15, 0.2) is 5.82 Å². The summed E-state index contributed by atoms with van der Waals surface area (Å²) in [4.78, 5) is 15.1. The van der Waals surface area contributed by atoms with E-state index < -0.39 is 5.82 Å². The van der Waals surface area contributed by atoms with Crippen LogP contribution in [0.1, 0.15) is 12.8 Å². The molecule has 1 aromatic carbocycles. The molecule has 8 heteroatoms. The first kappa shape index (κ1) is 18.2. The fraction of sp³-hybridized carbons (Fsp3) is 0.286. The molecule has 0 aliphatic carbocycles. The Hall–Kier alpha value is -2.84. The van der Waals surface area contributed by atoms with Crippen molar-refractivity contribution >= 4 is 38.1 Å². The summed E-state index contributed by atoms with van der Waals surface area (Å²) in [6, 6.07) is 8.19. The molecular formula is C21H20FN5OS. The second-order valence-corrected chi connectivity index (χ2v) is 8.22. The van der Waals surface area contributed by atoms with E-state index in [1.54, 1.807) is 11.3 Å². The molecule has 2 N–H and O–H groups in total. The molecule has 0 unspecified atom stereocenters. The van der Waals surface area contributed by atoms with E-state index in [4.69, 9.17) is 10.5 Å². The van der Waals surface area contributed by atoms with Gasteiger partial charge in [-0.25, -0.2) is 4.39 Å². The highest BCUT2D eigenvalue weighted by molar-refractivity contribution is 7.17. The Morgan fingerprint density at radius 1 is 1.31 bits per heavy atom. The number of hydrogen-bond acceptors (Lipinski definition) is 7. The van der Waals surface area contributed by atoms with Gasteiger partial charge in [0.1, 0.15) is 23.6 Å². The molecule has 4 heterocycles. The summed E-state index contributed by atoms with van der Waals surface area (Å²) < 4.78 is 22.3. The second kappa shape index (κ2) is 7.20. The van der Waals surface area contributed by atoms with E-state index in [1.807, 2.05) is 29.6 Å². The van der Waals surface area contributed by atoms with Crippen LogP contribution in [-0.4, -0.2) is 46.1 Å². The minimum Gasteiger partial charge on any atom is -0.462 e. The fourth-order valence-electron chi connectivity index (χ4n) is 3.85. The Morgan fingerprint density at radius 3 is 3.03 bits per heavy atom. The summed E-state index contributed by atoms with van der Waals surface area (Å²) in [6.45, 7) is 1.50. The summed E-state index contributed by atoms with van der Waals surface area (Å²) >= 11 is 1.56. The van der Waals surface area contributed by atoms with E-state index >= 15 is 4.39 Å². The second-order valence-electron chi connectivity index (χ2n) is 7.31. The monoisotopic (exact) mass is 409 g/mol. The lowest BCUT2D eigenvalue weighted by atomic mass is 10.1. The third-order valence-corrected chi connectivity index (χ3v) is 6.47. The van der Waals surface area contributed by atoms with Crippen molar-refractivity contribution in [2.24, 2.45) is 0 Å². The molecule has 1 fully saturated rings. The molecule has 148 valence electrons. The lowest BCUT2D eigenvalue weighted by molar-refractivity contribution is 0.188. The lowest BCUT2D eigenvalue weighted by Crippen LogP contribution is -2.30. The van der Waals surface area contributed by atoms with Crippen molar-refractivity contribution in [3.63, 3.8) is 0 Å². The number of ether oxygens (including phenoxy) is 1. The van der Waals surface area contributed by atoms with Gasteiger partial charge >= 0.3 is 6.01 Å². The molecule has 0 spiro atoms. The molecule has 0 saturated carbocycles. The molecule has 4 aromatic rings. The molecule has 0 radical (unpaired) electrons. The van der Waals surface area contributed by atoms with Gasteiger partial charge in [-0.1, -0.05) is 18.2 Å². The molecule has 1 saturated heterocycles. The summed E-state index contributed by atoms with van der Waals surface area (Å²) in [5.74, 6) is -0.350. The first-order valence-electron chi connectivity index (χ1n) is 9.53. The van der Waals surface area contributed by atoms with E-state index in [-0.39, 0.29) is 23.0 Å². The van der Waals surface area contributed by atoms with Gasteiger partial charge in [-0.15, -0.1) is 11.3 Å². The third-order valence-electron chi connectivity index (χ3n) is 5.50. The predicted molar refractivity (Wildman–Crippen MR) is 114 cm³/mol. The van der Waals surface area contributed by atoms with Crippen LogP contribution in [0.25, 0.3) is 32.2 Å². The summed E-state index contributed by atoms with van der Waals surface area (Å²) in [6.07, 6.45) is 3.74. The Morgan fingerprint density at radius 2 is 2.21 bits per heavy atom. The molecular weight excluding hydrogens is 389 g/mol. The van der Waals surface area contributed by atoms with Gasteiger partial charge < -0.3 is 15.4 Å². The predicted octanol–water partition coefficient (Wildman–Crippen LogP) is 4.10. The first-order chi connectivity index (χ1) is 14.1. The zero-order chi connectivity index (χ0) is 20.0. The van der Waals surface area contributed by atoms with Gasteiger partial charge in [0, 0.05) is 22.5 Å². The Kier molecular flexibility index (Phi) is 4.52. The number of rotatable bonds is 4. The quantitative estimate of drug-likeness (QED) is 0.547. The average molecular weight is 409 g/mol. The van der Waals surface area contributed by atoms with Crippen molar-refractivity contribution in [3.05, 3.63) is 41.7 Å². The van der Waals surface area contributed by atoms with Crippen LogP contribution < -0.4 is 10.5 Å². The third kappa shape index (κ3) is 3.18. The van der Waals surface area contributed by atoms with Gasteiger partial charge in [0.2, 0.25) is 0 Å². The number of hydrogen-bond donors (Lipinski definition) is 1. The molecule has 3 aromatic heterocycles. The van der Waals surface area contributed by atoms with Crippen molar-refractivity contribution in [3.8, 4) is 17.3 Å². The molecule has 6 nitrogen and oxygen atoms in total. The smallest absolute Gasteiger partial charge is 0.319 e. The standard InChI is InChI=1S/C21H20FN5OS/c1-27-8-3-5-13(27)11-28-21-25-18-15(20(23)26-21)10-24-17(16(18)22)14-6-2-4-12-7-9-29-19(12)14/h2,4,6-7,9-10,13H,3,5,8,11H2,1H3,(H2,23,25,26)/t13-/m0/s1. The summed E-state index contributed by atoms with van der Waals surface area (Å²) in [5, 5.41) is 3.43. The van der Waals surface area contributed by atoms with Crippen LogP contribution in [0.15, 0.2) is 35.8 Å². The van der Waals surface area contributed by atoms with E-state index in [9.17, 15) is 0 Å². The van der Waals surface area contributed by atoms with Crippen LogP contribution in [-0.2, 0) is 0 Å². The van der Waals surface area contributed by atoms with Crippen molar-refractivity contribution in [1.29, 1.82) is 0 Å². The Labute approximate surface area is 171 Å². The average Bonchev–Trinajstić information content (AvgIpc) is 3.36. The number of likely N-dealkylation sites (tertiary alicyclic amines) is 1. The van der Waals surface area contributed by atoms with Gasteiger partial charge in [0.25, 0.3) is 0 Å². The number of nitrogens with two attached hydrogens (primary N) is 1. The SMILES string of the molecule is CN1CCC[C@H]1COc1nc(N)c2cnc(-c3cccc4ccsc34)c(F)c2n1. The maximum Gasteiger partial charge on any atom is 0.319 e. The highest BCUT2D eigenvalue weighted by atomic mass is 32.1. The number of nitrogen functional groups attached to an aromatic ring is 1. The van der Waals surface area contributed by atoms with Crippen molar-refractivity contribution < 1.29 is 9.13 Å². The zero-order valence-electron chi connectivity index (χ0n) is 15.9. The number of pyridine rings is 1. The normalized spacial score (nSPS) is 17.4. The van der Waals surface area contributed by atoms with Crippen LogP contribution in [0, 0.1) is 5.82 Å². The Bertz CT molecular complexity index is 1210. The molecule has 0 bridgehead atoms. The number of nitrogens with zero attached hydrogens (tertiary/aromatic N) is 4. The Balaban J connectivity index is 1.56. The molecule has 1 aliphatic heterocycles. The molecule has 0 amide bonds. The molecule has 5 rings (SSSR count). The molecule has 1 atom stereocenters. The van der Waals surface area contributed by atoms with Crippen molar-refractivity contribution in [1.82, 2.24) is 19.9 Å². The number of halogens is 1. The molecule has 1 aliphatic rings. The minimum absolute atomic E-state index is 0.0979. The zero-order valence-corrected chi connectivity index (χ0v) is 16.7. The van der Waals surface area contributed by atoms with E-state index in [2.05, 4.69) is 26.9 Å². The lowest BCUT2D eigenvalue weighted by Gasteiger charge is -2.19. The van der Waals surface area contributed by atoms with Gasteiger partial charge in [-0.05, 0) is 43.3 Å². The van der Waals surface area contributed by atoms with Crippen LogP contribution in [0.3, 0.4) is 0 Å².